The molecule has 0 atom stereocenters. The number of hydrogen-bond donors (Lipinski definition) is 0. The first-order valence-corrected chi connectivity index (χ1v) is 6.79. The zero-order valence-corrected chi connectivity index (χ0v) is 9.88. The molecule has 82 valence electrons. The molecule has 0 saturated heterocycles. The normalized spacial score (nSPS) is 19.8. The van der Waals surface area contributed by atoms with E-state index in [1.54, 1.807) is 24.6 Å². The van der Waals surface area contributed by atoms with Crippen LogP contribution in [0, 0.1) is 0 Å². The molecule has 0 aromatic heterocycles. The molecular formula is C10H8N2O2S2. The second kappa shape index (κ2) is 5.27. The number of nitrogens with zero attached hydrogens (tertiary/aromatic N) is 2. The summed E-state index contributed by atoms with van der Waals surface area (Å²) in [4.78, 5) is 30.7. The fraction of sp³-hybridized carbons (Fsp3) is 0.200. The number of carbonyl (C=O) groups excluding carboxylic acids is 2. The van der Waals surface area contributed by atoms with Gasteiger partial charge in [0, 0.05) is 25.2 Å². The lowest BCUT2D eigenvalue weighted by Crippen LogP contribution is -2.13. The lowest BCUT2D eigenvalue weighted by molar-refractivity contribution is -0.112. The molecule has 0 spiro atoms. The van der Waals surface area contributed by atoms with Crippen LogP contribution in [0.1, 0.15) is 12.8 Å². The van der Waals surface area contributed by atoms with Gasteiger partial charge in [0.05, 0.1) is 0 Å². The molecule has 2 aliphatic heterocycles. The second-order valence-electron chi connectivity index (χ2n) is 3.06. The Balaban J connectivity index is 1.97. The number of hydrogen-bond acceptors (Lipinski definition) is 6. The van der Waals surface area contributed by atoms with Crippen molar-refractivity contribution in [1.82, 2.24) is 0 Å². The van der Waals surface area contributed by atoms with Crippen LogP contribution in [-0.2, 0) is 9.59 Å². The van der Waals surface area contributed by atoms with Crippen molar-refractivity contribution in [3.8, 4) is 0 Å². The van der Waals surface area contributed by atoms with Gasteiger partial charge in [0.2, 0.25) is 0 Å². The van der Waals surface area contributed by atoms with E-state index in [9.17, 15) is 9.59 Å². The van der Waals surface area contributed by atoms with E-state index in [-0.39, 0.29) is 11.6 Å². The van der Waals surface area contributed by atoms with Crippen LogP contribution in [0.2, 0.25) is 0 Å². The molecule has 2 heterocycles. The SMILES string of the molecule is O=C1CC=CN=C1SSC1=NC=CCC1=O. The fourth-order valence-electron chi connectivity index (χ4n) is 1.09. The summed E-state index contributed by atoms with van der Waals surface area (Å²) in [6, 6.07) is 0. The van der Waals surface area contributed by atoms with Gasteiger partial charge in [-0.25, -0.2) is 9.98 Å². The van der Waals surface area contributed by atoms with Crippen molar-refractivity contribution in [2.24, 2.45) is 9.98 Å². The highest BCUT2D eigenvalue weighted by atomic mass is 33.1. The number of rotatable bonds is 0. The molecule has 2 rings (SSSR count). The number of allylic oxidation sites excluding steroid dienone is 2. The first-order chi connectivity index (χ1) is 7.77. The molecular weight excluding hydrogens is 244 g/mol. The van der Waals surface area contributed by atoms with Crippen molar-refractivity contribution in [2.75, 3.05) is 0 Å². The largest absolute Gasteiger partial charge is 0.291 e. The van der Waals surface area contributed by atoms with Crippen LogP contribution < -0.4 is 0 Å². The Kier molecular flexibility index (Phi) is 3.74. The summed E-state index contributed by atoms with van der Waals surface area (Å²) in [5.41, 5.74) is 0. The Labute approximate surface area is 100 Å². The van der Waals surface area contributed by atoms with Crippen LogP contribution in [-0.4, -0.2) is 21.7 Å². The number of aliphatic imine (C=N–C) groups is 2. The summed E-state index contributed by atoms with van der Waals surface area (Å²) >= 11 is 0. The molecule has 0 bridgehead atoms. The molecule has 0 N–H and O–H groups in total. The van der Waals surface area contributed by atoms with Gasteiger partial charge in [-0.1, -0.05) is 12.2 Å². The molecule has 0 aromatic carbocycles. The number of carbonyl (C=O) groups is 2. The van der Waals surface area contributed by atoms with Gasteiger partial charge in [0.25, 0.3) is 0 Å². The van der Waals surface area contributed by atoms with E-state index in [0.717, 1.165) is 0 Å². The van der Waals surface area contributed by atoms with Gasteiger partial charge in [0.1, 0.15) is 0 Å². The Bertz CT molecular complexity index is 408. The lowest BCUT2D eigenvalue weighted by Gasteiger charge is -2.07. The van der Waals surface area contributed by atoms with E-state index >= 15 is 0 Å². The quantitative estimate of drug-likeness (QED) is 0.620. The average Bonchev–Trinajstić information content (AvgIpc) is 2.30. The van der Waals surface area contributed by atoms with E-state index in [0.29, 0.717) is 22.9 Å². The Hall–Kier alpha value is -1.14. The molecule has 16 heavy (non-hydrogen) atoms. The lowest BCUT2D eigenvalue weighted by atomic mass is 10.3. The van der Waals surface area contributed by atoms with Crippen LogP contribution in [0.25, 0.3) is 0 Å². The van der Waals surface area contributed by atoms with Gasteiger partial charge in [-0.05, 0) is 21.6 Å². The van der Waals surface area contributed by atoms with Crippen LogP contribution in [0.5, 0.6) is 0 Å². The zero-order valence-electron chi connectivity index (χ0n) is 8.25. The molecule has 0 aliphatic carbocycles. The molecule has 0 radical (unpaired) electrons. The topological polar surface area (TPSA) is 58.9 Å². The average molecular weight is 252 g/mol. The van der Waals surface area contributed by atoms with Gasteiger partial charge in [-0.15, -0.1) is 0 Å². The Morgan fingerprint density at radius 3 is 1.69 bits per heavy atom. The van der Waals surface area contributed by atoms with E-state index in [2.05, 4.69) is 9.98 Å². The fourth-order valence-corrected chi connectivity index (χ4v) is 3.10. The van der Waals surface area contributed by atoms with Crippen molar-refractivity contribution in [3.05, 3.63) is 24.6 Å². The van der Waals surface area contributed by atoms with Crippen molar-refractivity contribution >= 4 is 43.2 Å². The smallest absolute Gasteiger partial charge is 0.192 e. The monoisotopic (exact) mass is 252 g/mol. The van der Waals surface area contributed by atoms with E-state index < -0.39 is 0 Å². The first kappa shape index (κ1) is 11.3. The van der Waals surface area contributed by atoms with Crippen molar-refractivity contribution in [2.45, 2.75) is 12.8 Å². The summed E-state index contributed by atoms with van der Waals surface area (Å²) in [7, 11) is 2.39. The van der Waals surface area contributed by atoms with Gasteiger partial charge in [0.15, 0.2) is 21.7 Å². The first-order valence-electron chi connectivity index (χ1n) is 4.64. The zero-order chi connectivity index (χ0) is 11.4. The minimum absolute atomic E-state index is 0.0144. The van der Waals surface area contributed by atoms with Gasteiger partial charge < -0.3 is 0 Å². The highest BCUT2D eigenvalue weighted by Gasteiger charge is 2.18. The van der Waals surface area contributed by atoms with Crippen molar-refractivity contribution in [3.63, 3.8) is 0 Å². The molecule has 4 nitrogen and oxygen atoms in total. The van der Waals surface area contributed by atoms with Crippen LogP contribution in [0.4, 0.5) is 0 Å². The molecule has 0 fully saturated rings. The van der Waals surface area contributed by atoms with Crippen molar-refractivity contribution < 1.29 is 9.59 Å². The van der Waals surface area contributed by atoms with Gasteiger partial charge >= 0.3 is 0 Å². The third-order valence-electron chi connectivity index (χ3n) is 1.88. The minimum atomic E-state index is -0.0144. The summed E-state index contributed by atoms with van der Waals surface area (Å²) in [5, 5.41) is 0.857. The second-order valence-corrected chi connectivity index (χ2v) is 5.17. The minimum Gasteiger partial charge on any atom is -0.291 e. The maximum Gasteiger partial charge on any atom is 0.192 e. The number of Topliss-reactive ketones (excluding diaryl/α,β-unsaturated/α-hetero) is 2. The molecule has 0 aromatic rings. The standard InChI is InChI=1S/C10H8N2O2S2/c13-7-3-1-5-11-9(7)15-16-10-8(14)4-2-6-12-10/h1-2,5-6H,3-4H2. The van der Waals surface area contributed by atoms with Crippen LogP contribution in [0.3, 0.4) is 0 Å². The van der Waals surface area contributed by atoms with Crippen LogP contribution >= 0.6 is 21.6 Å². The van der Waals surface area contributed by atoms with Crippen LogP contribution in [0.15, 0.2) is 34.5 Å². The Morgan fingerprint density at radius 1 is 0.875 bits per heavy atom. The van der Waals surface area contributed by atoms with Crippen molar-refractivity contribution in [1.29, 1.82) is 0 Å². The summed E-state index contributed by atoms with van der Waals surface area (Å²) in [6.07, 6.45) is 7.40. The molecule has 6 heteroatoms. The summed E-state index contributed by atoms with van der Waals surface area (Å²) in [5.74, 6) is -0.0289. The molecule has 0 amide bonds. The molecule has 2 aliphatic rings. The maximum absolute atomic E-state index is 11.4. The van der Waals surface area contributed by atoms with Gasteiger partial charge in [-0.3, -0.25) is 9.59 Å². The highest BCUT2D eigenvalue weighted by molar-refractivity contribution is 8.88. The van der Waals surface area contributed by atoms with E-state index in [1.165, 1.54) is 21.6 Å². The predicted molar refractivity (Wildman–Crippen MR) is 67.6 cm³/mol. The summed E-state index contributed by atoms with van der Waals surface area (Å²) in [6.45, 7) is 0. The third kappa shape index (κ3) is 2.70. The van der Waals surface area contributed by atoms with E-state index in [1.807, 2.05) is 0 Å². The van der Waals surface area contributed by atoms with E-state index in [4.69, 9.17) is 0 Å². The maximum atomic E-state index is 11.4. The summed E-state index contributed by atoms with van der Waals surface area (Å²) < 4.78 is 0. The van der Waals surface area contributed by atoms with Gasteiger partial charge in [-0.2, -0.15) is 0 Å². The molecule has 0 saturated carbocycles. The highest BCUT2D eigenvalue weighted by Crippen LogP contribution is 2.29. The number of ketones is 2. The Morgan fingerprint density at radius 2 is 1.31 bits per heavy atom. The predicted octanol–water partition coefficient (Wildman–Crippen LogP) is 2.14. The molecule has 0 unspecified atom stereocenters. The third-order valence-corrected chi connectivity index (χ3v) is 4.14.